The van der Waals surface area contributed by atoms with E-state index >= 15 is 0 Å². The number of halogens is 2. The third kappa shape index (κ3) is 2.80. The monoisotopic (exact) mass is 279 g/mol. The molecule has 0 aliphatic carbocycles. The normalized spacial score (nSPS) is 12.6. The fraction of sp³-hybridized carbons (Fsp3) is 0.500. The second kappa shape index (κ2) is 4.91. The summed E-state index contributed by atoms with van der Waals surface area (Å²) in [6.45, 7) is 2.21. The molecule has 0 saturated heterocycles. The van der Waals surface area contributed by atoms with E-state index in [2.05, 4.69) is 25.9 Å². The highest BCUT2D eigenvalue weighted by atomic mass is 79.9. The van der Waals surface area contributed by atoms with Gasteiger partial charge in [0.1, 0.15) is 17.3 Å². The molecule has 0 bridgehead atoms. The average Bonchev–Trinajstić information content (AvgIpc) is 2.08. The number of hydrogen-bond acceptors (Lipinski definition) is 4. The largest absolute Gasteiger partial charge is 0.392 e. The van der Waals surface area contributed by atoms with Crippen LogP contribution in [0.4, 0.5) is 5.82 Å². The molecule has 1 heterocycles. The molecule has 1 N–H and O–H groups in total. The number of hydrogen-bond donors (Lipinski definition) is 1. The molecule has 0 saturated carbocycles. The van der Waals surface area contributed by atoms with Crippen molar-refractivity contribution in [1.29, 1.82) is 0 Å². The van der Waals surface area contributed by atoms with Crippen molar-refractivity contribution >= 4 is 33.3 Å². The van der Waals surface area contributed by atoms with Gasteiger partial charge in [-0.3, -0.25) is 0 Å². The minimum absolute atomic E-state index is 0.368. The van der Waals surface area contributed by atoms with Crippen LogP contribution in [-0.2, 0) is 0 Å². The molecule has 1 atom stereocenters. The summed E-state index contributed by atoms with van der Waals surface area (Å²) in [6.07, 6.45) is 0.974. The third-order valence-electron chi connectivity index (χ3n) is 1.63. The van der Waals surface area contributed by atoms with Crippen LogP contribution < -0.4 is 4.90 Å². The van der Waals surface area contributed by atoms with Crippen LogP contribution in [0.25, 0.3) is 0 Å². The van der Waals surface area contributed by atoms with Gasteiger partial charge >= 0.3 is 0 Å². The number of nitrogens with zero attached hydrogens (tertiary/aromatic N) is 3. The van der Waals surface area contributed by atoms with Gasteiger partial charge in [-0.15, -0.1) is 0 Å². The maximum absolute atomic E-state index is 9.21. The van der Waals surface area contributed by atoms with Gasteiger partial charge in [0.05, 0.1) is 10.6 Å². The molecule has 0 aromatic carbocycles. The highest BCUT2D eigenvalue weighted by molar-refractivity contribution is 9.10. The molecule has 0 radical (unpaired) electrons. The van der Waals surface area contributed by atoms with Gasteiger partial charge in [-0.05, 0) is 22.9 Å². The first kappa shape index (κ1) is 11.7. The van der Waals surface area contributed by atoms with Crippen LogP contribution in [0.1, 0.15) is 6.92 Å². The van der Waals surface area contributed by atoms with Crippen LogP contribution in [0.5, 0.6) is 0 Å². The smallest absolute Gasteiger partial charge is 0.148 e. The predicted octanol–water partition coefficient (Wildman–Crippen LogP) is 1.71. The Hall–Kier alpha value is -0.390. The molecule has 1 unspecified atom stereocenters. The van der Waals surface area contributed by atoms with E-state index in [1.165, 1.54) is 6.33 Å². The van der Waals surface area contributed by atoms with Gasteiger partial charge in [0, 0.05) is 13.6 Å². The van der Waals surface area contributed by atoms with Gasteiger partial charge in [0.25, 0.3) is 0 Å². The van der Waals surface area contributed by atoms with Crippen LogP contribution >= 0.6 is 27.5 Å². The van der Waals surface area contributed by atoms with Gasteiger partial charge in [0.2, 0.25) is 0 Å². The van der Waals surface area contributed by atoms with Crippen LogP contribution in [0.2, 0.25) is 5.15 Å². The van der Waals surface area contributed by atoms with Crippen molar-refractivity contribution in [2.24, 2.45) is 0 Å². The van der Waals surface area contributed by atoms with Crippen LogP contribution in [-0.4, -0.2) is 34.8 Å². The second-order valence-electron chi connectivity index (χ2n) is 3.03. The van der Waals surface area contributed by atoms with E-state index in [1.54, 1.807) is 6.92 Å². The summed E-state index contributed by atoms with van der Waals surface area (Å²) in [7, 11) is 1.83. The van der Waals surface area contributed by atoms with Crippen molar-refractivity contribution in [3.63, 3.8) is 0 Å². The van der Waals surface area contributed by atoms with Gasteiger partial charge in [0.15, 0.2) is 0 Å². The highest BCUT2D eigenvalue weighted by Gasteiger charge is 2.12. The number of aromatic nitrogens is 2. The second-order valence-corrected chi connectivity index (χ2v) is 4.18. The van der Waals surface area contributed by atoms with Gasteiger partial charge in [-0.2, -0.15) is 0 Å². The number of anilines is 1. The van der Waals surface area contributed by atoms with E-state index in [0.717, 1.165) is 0 Å². The molecule has 6 heteroatoms. The Bertz CT molecular complexity index is 321. The Kier molecular flexibility index (Phi) is 4.10. The van der Waals surface area contributed by atoms with E-state index in [-0.39, 0.29) is 0 Å². The fourth-order valence-electron chi connectivity index (χ4n) is 1.09. The quantitative estimate of drug-likeness (QED) is 0.857. The number of likely N-dealkylation sites (N-methyl/N-ethyl adjacent to an activating group) is 1. The zero-order valence-electron chi connectivity index (χ0n) is 7.91. The number of aliphatic hydroxyl groups excluding tert-OH is 1. The topological polar surface area (TPSA) is 49.2 Å². The summed E-state index contributed by atoms with van der Waals surface area (Å²) in [4.78, 5) is 9.69. The summed E-state index contributed by atoms with van der Waals surface area (Å²) in [5, 5.41) is 9.58. The lowest BCUT2D eigenvalue weighted by Crippen LogP contribution is -2.28. The zero-order valence-corrected chi connectivity index (χ0v) is 10.2. The molecule has 1 aromatic heterocycles. The van der Waals surface area contributed by atoms with Crippen molar-refractivity contribution < 1.29 is 5.11 Å². The van der Waals surface area contributed by atoms with Gasteiger partial charge in [-0.25, -0.2) is 9.97 Å². The Morgan fingerprint density at radius 2 is 2.29 bits per heavy atom. The first-order valence-corrected chi connectivity index (χ1v) is 5.24. The summed E-state index contributed by atoms with van der Waals surface area (Å²) in [5.74, 6) is 0.672. The van der Waals surface area contributed by atoms with Crippen molar-refractivity contribution in [2.75, 3.05) is 18.5 Å². The van der Waals surface area contributed by atoms with E-state index in [9.17, 15) is 5.11 Å². The molecule has 0 aliphatic rings. The standard InChI is InChI=1S/C8H11BrClN3O/c1-5(14)3-13(2)8-6(9)7(10)11-4-12-8/h4-5,14H,3H2,1-2H3. The number of aliphatic hydroxyl groups is 1. The summed E-state index contributed by atoms with van der Waals surface area (Å²) < 4.78 is 0.643. The molecular weight excluding hydrogens is 269 g/mol. The summed E-state index contributed by atoms with van der Waals surface area (Å²) in [5.41, 5.74) is 0. The lowest BCUT2D eigenvalue weighted by Gasteiger charge is -2.20. The molecule has 1 rings (SSSR count). The molecule has 78 valence electrons. The molecular formula is C8H11BrClN3O. The Labute approximate surface area is 96.1 Å². The van der Waals surface area contributed by atoms with E-state index < -0.39 is 6.10 Å². The van der Waals surface area contributed by atoms with Gasteiger partial charge < -0.3 is 10.0 Å². The van der Waals surface area contributed by atoms with Crippen LogP contribution in [0, 0.1) is 0 Å². The predicted molar refractivity (Wildman–Crippen MR) is 59.7 cm³/mol. The lowest BCUT2D eigenvalue weighted by atomic mass is 10.4. The van der Waals surface area contributed by atoms with Crippen LogP contribution in [0.15, 0.2) is 10.8 Å². The Morgan fingerprint density at radius 1 is 1.64 bits per heavy atom. The van der Waals surface area contributed by atoms with Gasteiger partial charge in [-0.1, -0.05) is 11.6 Å². The number of rotatable bonds is 3. The van der Waals surface area contributed by atoms with Crippen molar-refractivity contribution in [1.82, 2.24) is 9.97 Å². The Morgan fingerprint density at radius 3 is 2.86 bits per heavy atom. The lowest BCUT2D eigenvalue weighted by molar-refractivity contribution is 0.201. The fourth-order valence-corrected chi connectivity index (χ4v) is 1.72. The van der Waals surface area contributed by atoms with E-state index in [0.29, 0.717) is 22.0 Å². The molecule has 4 nitrogen and oxygen atoms in total. The maximum atomic E-state index is 9.21. The molecule has 0 fully saturated rings. The first-order valence-electron chi connectivity index (χ1n) is 4.07. The third-order valence-corrected chi connectivity index (χ3v) is 2.87. The SMILES string of the molecule is CC(O)CN(C)c1ncnc(Cl)c1Br. The van der Waals surface area contributed by atoms with Crippen molar-refractivity contribution in [3.8, 4) is 0 Å². The molecule has 0 amide bonds. The van der Waals surface area contributed by atoms with E-state index in [4.69, 9.17) is 11.6 Å². The van der Waals surface area contributed by atoms with Crippen molar-refractivity contribution in [2.45, 2.75) is 13.0 Å². The summed E-state index contributed by atoms with van der Waals surface area (Å²) >= 11 is 9.10. The Balaban J connectivity index is 2.89. The molecule has 14 heavy (non-hydrogen) atoms. The van der Waals surface area contributed by atoms with E-state index in [1.807, 2.05) is 11.9 Å². The molecule has 0 aliphatic heterocycles. The van der Waals surface area contributed by atoms with Crippen molar-refractivity contribution in [3.05, 3.63) is 16.0 Å². The molecule has 1 aromatic rings. The maximum Gasteiger partial charge on any atom is 0.148 e. The minimum Gasteiger partial charge on any atom is -0.392 e. The zero-order chi connectivity index (χ0) is 10.7. The first-order chi connectivity index (χ1) is 6.52. The summed E-state index contributed by atoms with van der Waals surface area (Å²) in [6, 6.07) is 0. The molecule has 0 spiro atoms. The average molecular weight is 281 g/mol. The minimum atomic E-state index is -0.416. The highest BCUT2D eigenvalue weighted by Crippen LogP contribution is 2.28. The van der Waals surface area contributed by atoms with Crippen LogP contribution in [0.3, 0.4) is 0 Å².